The van der Waals surface area contributed by atoms with Crippen LogP contribution in [0.3, 0.4) is 0 Å². The van der Waals surface area contributed by atoms with E-state index < -0.39 is 158 Å². The van der Waals surface area contributed by atoms with Gasteiger partial charge in [-0.15, -0.1) is 0 Å². The number of nitrogens with zero attached hydrogens (tertiary/aromatic N) is 3. The second kappa shape index (κ2) is 27.8. The summed E-state index contributed by atoms with van der Waals surface area (Å²) in [5, 5.41) is 17.7. The zero-order valence-electron chi connectivity index (χ0n) is 54.8. The van der Waals surface area contributed by atoms with Crippen LogP contribution in [0.25, 0.3) is 0 Å². The van der Waals surface area contributed by atoms with Crippen LogP contribution in [0.5, 0.6) is 0 Å². The number of hydrogen-bond acceptors (Lipinski definition) is 20. The summed E-state index contributed by atoms with van der Waals surface area (Å²) in [5.41, 5.74) is -5.00. The van der Waals surface area contributed by atoms with Crippen LogP contribution in [0.4, 0.5) is 9.59 Å². The summed E-state index contributed by atoms with van der Waals surface area (Å²) in [6.45, 7) is 30.9. The molecule has 25 nitrogen and oxygen atoms in total. The van der Waals surface area contributed by atoms with E-state index in [0.29, 0.717) is 12.0 Å². The number of methoxy groups -OCH3 is 2. The number of aromatic nitrogens is 2. The molecule has 1 aromatic rings. The highest BCUT2D eigenvalue weighted by Gasteiger charge is 2.61. The molecule has 5 aliphatic heterocycles. The molecule has 3 amide bonds. The number of urea groups is 1. The fourth-order valence-corrected chi connectivity index (χ4v) is 14.3. The van der Waals surface area contributed by atoms with Gasteiger partial charge in [0.1, 0.15) is 35.9 Å². The number of carbonyl (C=O) groups excluding carboxylic acids is 5. The number of ether oxygens (including phenoxy) is 10. The van der Waals surface area contributed by atoms with Crippen LogP contribution in [0.1, 0.15) is 141 Å². The molecule has 6 heterocycles. The van der Waals surface area contributed by atoms with E-state index >= 15 is 9.59 Å². The second-order valence-electron chi connectivity index (χ2n) is 27.2. The Labute approximate surface area is 508 Å². The molecule has 5 fully saturated rings. The van der Waals surface area contributed by atoms with E-state index in [-0.39, 0.29) is 68.3 Å². The maximum Gasteiger partial charge on any atom is 0.410 e. The molecule has 21 atom stereocenters. The number of rotatable bonds is 17. The summed E-state index contributed by atoms with van der Waals surface area (Å²) in [6.07, 6.45) is -8.64. The Morgan fingerprint density at radius 1 is 0.907 bits per heavy atom. The number of cyclic esters (lactones) is 1. The molecule has 26 heteroatoms. The van der Waals surface area contributed by atoms with Crippen molar-refractivity contribution in [1.29, 1.82) is 0 Å². The third-order valence-electron chi connectivity index (χ3n) is 19.4. The Morgan fingerprint density at radius 3 is 2.14 bits per heavy atom. The topological polar surface area (TPSA) is 293 Å². The standard InChI is InChI=1S/C60H102N6O19Si/c1-22-42-60(15)48(65(56(74)85-60)24-23-61-54(72)62-39-26-43(66-29-32(3)51(70)63-55(66)73)81-41(39)30-77-86(20,21)57(10,11)12)34(5)45(68)31(2)27-58(13,75-18)49(84-53-46(69)40(64(16)17)25-33(4)78-53)35(6)47(36(7)52(71)82-42)83-44-28-59(14,76-19)50(37(8)79-44)80-38(9)67/h29,31,33-37,39-44,46-50,53,69H,22-28,30H2,1-21H3,(H2,61,62,72)(H,63,70,73)/t31-,33-,34+,35+,36-,37+,39+,40+,41-,42-,43-,44+,46-,47+,48+,49-,50+,53+,58-,59-,60-/m1/s1. The number of H-pyrrole nitrogens is 1. The van der Waals surface area contributed by atoms with Crippen molar-refractivity contribution in [2.75, 3.05) is 48.0 Å². The molecule has 0 spiro atoms. The number of aryl methyl sites for hydroxylation is 1. The zero-order valence-corrected chi connectivity index (χ0v) is 55.8. The molecule has 5 saturated heterocycles. The van der Waals surface area contributed by atoms with Gasteiger partial charge in [0, 0.05) is 82.6 Å². The first-order valence-electron chi connectivity index (χ1n) is 30.5. The van der Waals surface area contributed by atoms with Crippen LogP contribution in [0.2, 0.25) is 18.1 Å². The van der Waals surface area contributed by atoms with Crippen molar-refractivity contribution >= 4 is 38.2 Å². The third-order valence-corrected chi connectivity index (χ3v) is 23.9. The molecule has 86 heavy (non-hydrogen) atoms. The zero-order chi connectivity index (χ0) is 64.5. The fourth-order valence-electron chi connectivity index (χ4n) is 13.3. The van der Waals surface area contributed by atoms with Crippen LogP contribution >= 0.6 is 0 Å². The largest absolute Gasteiger partial charge is 0.458 e. The Bertz CT molecular complexity index is 2670. The maximum absolute atomic E-state index is 15.4. The Balaban J connectivity index is 1.33. The number of aliphatic hydroxyl groups excluding tert-OH is 1. The van der Waals surface area contributed by atoms with Gasteiger partial charge in [-0.2, -0.15) is 0 Å². The van der Waals surface area contributed by atoms with Crippen LogP contribution in [-0.2, 0) is 66.2 Å². The van der Waals surface area contributed by atoms with E-state index in [2.05, 4.69) is 49.5 Å². The van der Waals surface area contributed by atoms with Crippen LogP contribution in [-0.4, -0.2) is 207 Å². The third kappa shape index (κ3) is 15.3. The Kier molecular flexibility index (Phi) is 22.9. The quantitative estimate of drug-likeness (QED) is 0.0872. The smallest absolute Gasteiger partial charge is 0.410 e. The number of ketones is 1. The van der Waals surface area contributed by atoms with Gasteiger partial charge in [-0.3, -0.25) is 33.6 Å². The molecular formula is C60H102N6O19Si. The number of hydrogen-bond donors (Lipinski definition) is 4. The van der Waals surface area contributed by atoms with Crippen molar-refractivity contribution in [3.8, 4) is 0 Å². The van der Waals surface area contributed by atoms with Gasteiger partial charge in [0.05, 0.1) is 54.6 Å². The van der Waals surface area contributed by atoms with E-state index in [1.807, 2.05) is 32.8 Å². The molecule has 0 saturated carbocycles. The van der Waals surface area contributed by atoms with Crippen LogP contribution in [0, 0.1) is 30.6 Å². The lowest BCUT2D eigenvalue weighted by atomic mass is 9.73. The summed E-state index contributed by atoms with van der Waals surface area (Å²) in [5.74, 6) is -5.23. The lowest BCUT2D eigenvalue weighted by Crippen LogP contribution is -2.62. The highest BCUT2D eigenvalue weighted by molar-refractivity contribution is 6.74. The number of nitrogens with one attached hydrogen (secondary N) is 3. The molecule has 4 N–H and O–H groups in total. The number of likely N-dealkylation sites (N-methyl/N-ethyl adjacent to an activating group) is 1. The van der Waals surface area contributed by atoms with Crippen molar-refractivity contribution in [3.63, 3.8) is 0 Å². The van der Waals surface area contributed by atoms with Crippen molar-refractivity contribution in [1.82, 2.24) is 30.0 Å². The lowest BCUT2D eigenvalue weighted by molar-refractivity contribution is -0.320. The molecule has 490 valence electrons. The molecule has 0 aromatic carbocycles. The number of Topliss-reactive ketones (excluding diaryl/α,β-unsaturated/α-hetero) is 1. The highest BCUT2D eigenvalue weighted by atomic mass is 28.4. The minimum Gasteiger partial charge on any atom is -0.458 e. The minimum absolute atomic E-state index is 0.0345. The molecule has 0 bridgehead atoms. The molecular weight excluding hydrogens is 1140 g/mol. The second-order valence-corrected chi connectivity index (χ2v) is 32.0. The van der Waals surface area contributed by atoms with E-state index in [9.17, 15) is 29.1 Å². The molecule has 1 aromatic heterocycles. The van der Waals surface area contributed by atoms with Gasteiger partial charge in [-0.1, -0.05) is 48.5 Å². The van der Waals surface area contributed by atoms with Crippen molar-refractivity contribution in [3.05, 3.63) is 32.6 Å². The first-order valence-corrected chi connectivity index (χ1v) is 33.4. The van der Waals surface area contributed by atoms with Crippen molar-refractivity contribution < 1.29 is 80.9 Å². The van der Waals surface area contributed by atoms with E-state index in [1.165, 1.54) is 36.8 Å². The fraction of sp³-hybridized carbons (Fsp3) is 0.850. The van der Waals surface area contributed by atoms with Gasteiger partial charge in [0.15, 0.2) is 32.6 Å². The Morgan fingerprint density at radius 2 is 1.55 bits per heavy atom. The highest BCUT2D eigenvalue weighted by Crippen LogP contribution is 2.45. The minimum atomic E-state index is -2.32. The molecule has 0 radical (unpaired) electrons. The number of aliphatic hydroxyl groups is 1. The first kappa shape index (κ1) is 70.7. The van der Waals surface area contributed by atoms with E-state index in [4.69, 9.17) is 51.8 Å². The average Bonchev–Trinajstić information content (AvgIpc) is 1.54. The number of carbonyl (C=O) groups is 5. The maximum atomic E-state index is 15.4. The van der Waals surface area contributed by atoms with Gasteiger partial charge in [0.25, 0.3) is 5.56 Å². The number of fused-ring (bicyclic) bond motifs is 1. The molecule has 6 rings (SSSR count). The van der Waals surface area contributed by atoms with E-state index in [0.717, 1.165) is 0 Å². The summed E-state index contributed by atoms with van der Waals surface area (Å²) >= 11 is 0. The van der Waals surface area contributed by atoms with Crippen LogP contribution < -0.4 is 21.9 Å². The predicted molar refractivity (Wildman–Crippen MR) is 317 cm³/mol. The SMILES string of the molecule is CC[C@H]1OC(=O)[C@H](C)[C@@H](O[C@H]2C[C@@](C)(OC)[C@@H](OC(C)=O)[C@H](C)O2)[C@H](C)[C@@H](O[C@@H]2O[C@H](C)C[C@H](N(C)C)[C@H]2O)[C@](C)(OC)C[C@@H](C)C(=O)[C@H](C)[C@@H]2N(CCNC(=O)N[C@H]3C[C@H](n4cc(C)c(=O)[nH]c4=O)O[C@@H]3CO[Si](C)(C)C(C)(C)C)C(=O)O[C@@]21C. The average molecular weight is 1240 g/mol. The van der Waals surface area contributed by atoms with Gasteiger partial charge in [-0.05, 0) is 100.0 Å². The van der Waals surface area contributed by atoms with Gasteiger partial charge >= 0.3 is 29.8 Å². The molecule has 0 aliphatic carbocycles. The summed E-state index contributed by atoms with van der Waals surface area (Å²) < 4.78 is 72.2. The van der Waals surface area contributed by atoms with Crippen LogP contribution in [0.15, 0.2) is 15.8 Å². The first-order chi connectivity index (χ1) is 39.9. The molecule has 0 unspecified atom stereocenters. The number of esters is 2. The van der Waals surface area contributed by atoms with Crippen molar-refractivity contribution in [2.24, 2.45) is 23.7 Å². The number of amides is 3. The van der Waals surface area contributed by atoms with Gasteiger partial charge < -0.3 is 72.4 Å². The number of aromatic amines is 1. The summed E-state index contributed by atoms with van der Waals surface area (Å²) in [6, 6.07) is -2.69. The monoisotopic (exact) mass is 1240 g/mol. The summed E-state index contributed by atoms with van der Waals surface area (Å²) in [7, 11) is 4.41. The van der Waals surface area contributed by atoms with E-state index in [1.54, 1.807) is 62.3 Å². The summed E-state index contributed by atoms with van der Waals surface area (Å²) in [4.78, 5) is 102. The normalized spacial score (nSPS) is 38.6. The van der Waals surface area contributed by atoms with Gasteiger partial charge in [-0.25, -0.2) is 14.4 Å². The predicted octanol–water partition coefficient (Wildman–Crippen LogP) is 5.31. The Hall–Kier alpha value is -4.35. The lowest BCUT2D eigenvalue weighted by Gasteiger charge is -2.50. The van der Waals surface area contributed by atoms with Crippen molar-refractivity contribution in [2.45, 2.75) is 257 Å². The van der Waals surface area contributed by atoms with Gasteiger partial charge in [0.2, 0.25) is 0 Å². The molecule has 5 aliphatic rings.